The molecule has 0 fully saturated rings. The topological polar surface area (TPSA) is 0 Å². The molecular weight excluding hydrogens is 432 g/mol. The number of rotatable bonds is 1. The average Bonchev–Trinajstić information content (AvgIpc) is 2.96. The Balaban J connectivity index is 1.51. The Hall–Kier alpha value is -4.42. The van der Waals surface area contributed by atoms with Crippen molar-refractivity contribution in [3.05, 3.63) is 144 Å². The lowest BCUT2D eigenvalue weighted by Crippen LogP contribution is -2.18. The number of benzene rings is 6. The normalized spacial score (nSPS) is 18.5. The molecule has 0 radical (unpaired) electrons. The van der Waals surface area contributed by atoms with E-state index in [2.05, 4.69) is 134 Å². The maximum atomic E-state index is 2.49. The molecule has 0 aliphatic heterocycles. The Morgan fingerprint density at radius 3 is 1.89 bits per heavy atom. The van der Waals surface area contributed by atoms with Crippen molar-refractivity contribution >= 4 is 54.7 Å². The first-order chi connectivity index (χ1) is 17.9. The summed E-state index contributed by atoms with van der Waals surface area (Å²) in [5.41, 5.74) is 5.56. The summed E-state index contributed by atoms with van der Waals surface area (Å²) < 4.78 is 0. The van der Waals surface area contributed by atoms with E-state index in [1.807, 2.05) is 0 Å². The molecule has 0 saturated carbocycles. The Labute approximate surface area is 210 Å². The molecule has 8 rings (SSSR count). The summed E-state index contributed by atoms with van der Waals surface area (Å²) in [7, 11) is 0. The van der Waals surface area contributed by atoms with E-state index in [-0.39, 0.29) is 0 Å². The SMILES string of the molecule is C1=CC2C(c3cc4c5ccccc5ccc4c4ccccc34)=Cc3c(ccc4ccccc34)C2C=C1. The largest absolute Gasteiger partial charge is 0.0761 e. The van der Waals surface area contributed by atoms with Crippen LogP contribution in [0.3, 0.4) is 0 Å². The van der Waals surface area contributed by atoms with E-state index in [4.69, 9.17) is 0 Å². The molecule has 6 aromatic carbocycles. The first-order valence-corrected chi connectivity index (χ1v) is 12.8. The van der Waals surface area contributed by atoms with Crippen molar-refractivity contribution in [2.75, 3.05) is 0 Å². The van der Waals surface area contributed by atoms with E-state index >= 15 is 0 Å². The maximum absolute atomic E-state index is 2.49. The van der Waals surface area contributed by atoms with Gasteiger partial charge in [-0.25, -0.2) is 0 Å². The summed E-state index contributed by atoms with van der Waals surface area (Å²) in [4.78, 5) is 0. The van der Waals surface area contributed by atoms with Gasteiger partial charge in [0.2, 0.25) is 0 Å². The van der Waals surface area contributed by atoms with Crippen LogP contribution < -0.4 is 0 Å². The predicted molar refractivity (Wildman–Crippen MR) is 155 cm³/mol. The second kappa shape index (κ2) is 7.54. The minimum absolute atomic E-state index is 0.319. The zero-order valence-electron chi connectivity index (χ0n) is 19.9. The van der Waals surface area contributed by atoms with Crippen LogP contribution in [-0.2, 0) is 0 Å². The smallest absolute Gasteiger partial charge is 0.0131 e. The van der Waals surface area contributed by atoms with Gasteiger partial charge in [-0.1, -0.05) is 121 Å². The van der Waals surface area contributed by atoms with Crippen LogP contribution in [0.1, 0.15) is 22.6 Å². The zero-order chi connectivity index (χ0) is 23.6. The molecule has 168 valence electrons. The fraction of sp³-hybridized carbons (Fsp3) is 0.0556. The van der Waals surface area contributed by atoms with Crippen LogP contribution >= 0.6 is 0 Å². The van der Waals surface area contributed by atoms with E-state index in [1.165, 1.54) is 65.4 Å². The van der Waals surface area contributed by atoms with Gasteiger partial charge in [-0.15, -0.1) is 0 Å². The van der Waals surface area contributed by atoms with E-state index in [9.17, 15) is 0 Å². The van der Waals surface area contributed by atoms with E-state index in [0.29, 0.717) is 11.8 Å². The van der Waals surface area contributed by atoms with Gasteiger partial charge in [-0.2, -0.15) is 0 Å². The maximum Gasteiger partial charge on any atom is 0.0131 e. The molecule has 0 saturated heterocycles. The van der Waals surface area contributed by atoms with Crippen LogP contribution in [0, 0.1) is 5.92 Å². The Morgan fingerprint density at radius 1 is 0.444 bits per heavy atom. The van der Waals surface area contributed by atoms with Gasteiger partial charge in [-0.3, -0.25) is 0 Å². The number of allylic oxidation sites excluding steroid dienone is 5. The van der Waals surface area contributed by atoms with Crippen LogP contribution in [-0.4, -0.2) is 0 Å². The molecule has 2 atom stereocenters. The third kappa shape index (κ3) is 2.76. The van der Waals surface area contributed by atoms with Crippen LogP contribution in [0.25, 0.3) is 54.7 Å². The molecule has 0 N–H and O–H groups in total. The molecule has 0 heterocycles. The van der Waals surface area contributed by atoms with Crippen molar-refractivity contribution in [1.82, 2.24) is 0 Å². The van der Waals surface area contributed by atoms with Gasteiger partial charge in [0.1, 0.15) is 0 Å². The second-order valence-electron chi connectivity index (χ2n) is 10.1. The predicted octanol–water partition coefficient (Wildman–Crippen LogP) is 9.68. The molecule has 2 aliphatic carbocycles. The number of hydrogen-bond donors (Lipinski definition) is 0. The van der Waals surface area contributed by atoms with Gasteiger partial charge in [-0.05, 0) is 77.5 Å². The van der Waals surface area contributed by atoms with Crippen molar-refractivity contribution in [2.45, 2.75) is 5.92 Å². The van der Waals surface area contributed by atoms with Crippen LogP contribution in [0.2, 0.25) is 0 Å². The lowest BCUT2D eigenvalue weighted by atomic mass is 9.69. The van der Waals surface area contributed by atoms with Crippen LogP contribution in [0.15, 0.2) is 127 Å². The van der Waals surface area contributed by atoms with Crippen LogP contribution in [0.5, 0.6) is 0 Å². The molecule has 0 spiro atoms. The highest BCUT2D eigenvalue weighted by Crippen LogP contribution is 2.49. The highest BCUT2D eigenvalue weighted by atomic mass is 14.3. The minimum Gasteiger partial charge on any atom is -0.0761 e. The summed E-state index contributed by atoms with van der Waals surface area (Å²) in [6.07, 6.45) is 11.7. The van der Waals surface area contributed by atoms with Crippen LogP contribution in [0.4, 0.5) is 0 Å². The third-order valence-corrected chi connectivity index (χ3v) is 8.24. The summed E-state index contributed by atoms with van der Waals surface area (Å²) in [6.45, 7) is 0. The van der Waals surface area contributed by atoms with Crippen molar-refractivity contribution in [3.8, 4) is 0 Å². The average molecular weight is 457 g/mol. The molecule has 0 bridgehead atoms. The van der Waals surface area contributed by atoms with Crippen molar-refractivity contribution in [1.29, 1.82) is 0 Å². The van der Waals surface area contributed by atoms with E-state index in [0.717, 1.165) is 0 Å². The van der Waals surface area contributed by atoms with Gasteiger partial charge >= 0.3 is 0 Å². The lowest BCUT2D eigenvalue weighted by Gasteiger charge is -2.34. The van der Waals surface area contributed by atoms with Crippen molar-refractivity contribution in [3.63, 3.8) is 0 Å². The van der Waals surface area contributed by atoms with Gasteiger partial charge in [0.05, 0.1) is 0 Å². The molecule has 2 aliphatic rings. The summed E-state index contributed by atoms with van der Waals surface area (Å²) in [5.74, 6) is 0.663. The molecule has 0 nitrogen and oxygen atoms in total. The number of hydrogen-bond acceptors (Lipinski definition) is 0. The third-order valence-electron chi connectivity index (χ3n) is 8.24. The zero-order valence-corrected chi connectivity index (χ0v) is 19.9. The van der Waals surface area contributed by atoms with E-state index in [1.54, 1.807) is 0 Å². The number of fused-ring (bicyclic) bond motifs is 10. The molecular formula is C36H24. The Kier molecular flexibility index (Phi) is 4.15. The molecule has 2 unspecified atom stereocenters. The fourth-order valence-electron chi connectivity index (χ4n) is 6.57. The minimum atomic E-state index is 0.319. The highest BCUT2D eigenvalue weighted by molar-refractivity contribution is 6.20. The Bertz CT molecular complexity index is 1950. The van der Waals surface area contributed by atoms with Gasteiger partial charge < -0.3 is 0 Å². The fourth-order valence-corrected chi connectivity index (χ4v) is 6.57. The summed E-state index contributed by atoms with van der Waals surface area (Å²) in [6, 6.07) is 38.2. The standard InChI is InChI=1S/C36H24/c1-3-11-25-23(9-1)17-19-31-27-13-5-7-15-29(27)35(21-33(25)31)36-22-34-26-12-4-2-10-24(26)18-20-32(34)28-14-6-8-16-30(28)36/h1-22,27,29H. The van der Waals surface area contributed by atoms with Gasteiger partial charge in [0.25, 0.3) is 0 Å². The van der Waals surface area contributed by atoms with E-state index < -0.39 is 0 Å². The monoisotopic (exact) mass is 456 g/mol. The first-order valence-electron chi connectivity index (χ1n) is 12.8. The summed E-state index contributed by atoms with van der Waals surface area (Å²) >= 11 is 0. The molecule has 0 amide bonds. The molecule has 0 aromatic heterocycles. The highest BCUT2D eigenvalue weighted by Gasteiger charge is 2.32. The summed E-state index contributed by atoms with van der Waals surface area (Å²) in [5, 5.41) is 10.6. The Morgan fingerprint density at radius 2 is 1.06 bits per heavy atom. The van der Waals surface area contributed by atoms with Crippen molar-refractivity contribution < 1.29 is 0 Å². The van der Waals surface area contributed by atoms with Crippen molar-refractivity contribution in [2.24, 2.45) is 5.92 Å². The molecule has 36 heavy (non-hydrogen) atoms. The lowest BCUT2D eigenvalue weighted by molar-refractivity contribution is 0.711. The van der Waals surface area contributed by atoms with Gasteiger partial charge in [0.15, 0.2) is 0 Å². The molecule has 6 aromatic rings. The molecule has 0 heteroatoms. The second-order valence-corrected chi connectivity index (χ2v) is 10.1. The van der Waals surface area contributed by atoms with Gasteiger partial charge in [0, 0.05) is 11.8 Å². The first kappa shape index (κ1) is 19.8. The quantitative estimate of drug-likeness (QED) is 0.216.